The molecule has 0 amide bonds. The fourth-order valence-corrected chi connectivity index (χ4v) is 2.77. The van der Waals surface area contributed by atoms with E-state index in [1.54, 1.807) is 26.2 Å². The van der Waals surface area contributed by atoms with E-state index in [9.17, 15) is 10.1 Å². The molecular formula is C14H17N3O3S. The monoisotopic (exact) mass is 307 g/mol. The number of nitro benzene ring substituents is 1. The molecule has 0 radical (unpaired) electrons. The van der Waals surface area contributed by atoms with E-state index >= 15 is 0 Å². The molecule has 7 heteroatoms. The van der Waals surface area contributed by atoms with Crippen LogP contribution in [0.15, 0.2) is 23.6 Å². The van der Waals surface area contributed by atoms with E-state index in [0.29, 0.717) is 12.2 Å². The molecule has 0 aliphatic rings. The number of anilines is 1. The van der Waals surface area contributed by atoms with Crippen LogP contribution in [0.2, 0.25) is 0 Å². The molecular weight excluding hydrogens is 290 g/mol. The average molecular weight is 307 g/mol. The Bertz CT molecular complexity index is 642. The maximum Gasteiger partial charge on any atom is 0.272 e. The van der Waals surface area contributed by atoms with E-state index in [2.05, 4.69) is 10.3 Å². The number of methoxy groups -OCH3 is 1. The standard InChI is InChI=1S/C14H17N3O3S/c1-9-4-5-11(6-13(9)17(18)19)12-8-21-14(16-12)15-10(2)7-20-3/h4-6,8,10H,7H2,1-3H3,(H,15,16)/t10-/m1/s1. The predicted molar refractivity (Wildman–Crippen MR) is 83.9 cm³/mol. The van der Waals surface area contributed by atoms with Crippen molar-refractivity contribution in [3.05, 3.63) is 39.3 Å². The summed E-state index contributed by atoms with van der Waals surface area (Å²) < 4.78 is 5.06. The molecule has 21 heavy (non-hydrogen) atoms. The Labute approximate surface area is 126 Å². The van der Waals surface area contributed by atoms with Crippen molar-refractivity contribution in [3.8, 4) is 11.3 Å². The molecule has 1 N–H and O–H groups in total. The second-order valence-electron chi connectivity index (χ2n) is 4.80. The minimum absolute atomic E-state index is 0.114. The molecule has 0 fully saturated rings. The van der Waals surface area contributed by atoms with Crippen molar-refractivity contribution >= 4 is 22.2 Å². The maximum absolute atomic E-state index is 11.0. The molecule has 1 heterocycles. The molecule has 1 aromatic carbocycles. The highest BCUT2D eigenvalue weighted by molar-refractivity contribution is 7.14. The number of benzene rings is 1. The minimum Gasteiger partial charge on any atom is -0.383 e. The van der Waals surface area contributed by atoms with Crippen LogP contribution in [-0.2, 0) is 4.74 Å². The number of rotatable bonds is 6. The SMILES string of the molecule is COC[C@@H](C)Nc1nc(-c2ccc(C)c([N+](=O)[O-])c2)cs1. The molecule has 1 aromatic heterocycles. The first kappa shape index (κ1) is 15.4. The summed E-state index contributed by atoms with van der Waals surface area (Å²) in [5.74, 6) is 0. The Balaban J connectivity index is 2.21. The van der Waals surface area contributed by atoms with Gasteiger partial charge in [0.15, 0.2) is 5.13 Å². The number of aryl methyl sites for hydroxylation is 1. The van der Waals surface area contributed by atoms with Gasteiger partial charge in [0.2, 0.25) is 0 Å². The van der Waals surface area contributed by atoms with Gasteiger partial charge in [-0.1, -0.05) is 12.1 Å². The smallest absolute Gasteiger partial charge is 0.272 e. The molecule has 0 bridgehead atoms. The van der Waals surface area contributed by atoms with E-state index in [0.717, 1.165) is 16.4 Å². The highest BCUT2D eigenvalue weighted by atomic mass is 32.1. The summed E-state index contributed by atoms with van der Waals surface area (Å²) >= 11 is 1.47. The van der Waals surface area contributed by atoms with Gasteiger partial charge in [0.1, 0.15) is 0 Å². The van der Waals surface area contributed by atoms with Crippen molar-refractivity contribution < 1.29 is 9.66 Å². The highest BCUT2D eigenvalue weighted by Gasteiger charge is 2.14. The first-order valence-electron chi connectivity index (χ1n) is 6.47. The third-order valence-electron chi connectivity index (χ3n) is 2.99. The van der Waals surface area contributed by atoms with Gasteiger partial charge in [0, 0.05) is 35.7 Å². The topological polar surface area (TPSA) is 77.3 Å². The quantitative estimate of drug-likeness (QED) is 0.653. The van der Waals surface area contributed by atoms with Crippen LogP contribution >= 0.6 is 11.3 Å². The summed E-state index contributed by atoms with van der Waals surface area (Å²) in [4.78, 5) is 15.1. The second kappa shape index (κ2) is 6.64. The fraction of sp³-hybridized carbons (Fsp3) is 0.357. The average Bonchev–Trinajstić information content (AvgIpc) is 2.87. The molecule has 2 aromatic rings. The Kier molecular flexibility index (Phi) is 4.87. The van der Waals surface area contributed by atoms with Crippen molar-refractivity contribution in [2.75, 3.05) is 19.0 Å². The largest absolute Gasteiger partial charge is 0.383 e. The van der Waals surface area contributed by atoms with E-state index < -0.39 is 0 Å². The lowest BCUT2D eigenvalue weighted by Gasteiger charge is -2.10. The highest BCUT2D eigenvalue weighted by Crippen LogP contribution is 2.29. The van der Waals surface area contributed by atoms with Crippen molar-refractivity contribution in [2.45, 2.75) is 19.9 Å². The summed E-state index contributed by atoms with van der Waals surface area (Å²) in [5, 5.41) is 16.9. The van der Waals surface area contributed by atoms with Crippen LogP contribution in [0.5, 0.6) is 0 Å². The van der Waals surface area contributed by atoms with Gasteiger partial charge in [-0.15, -0.1) is 11.3 Å². The van der Waals surface area contributed by atoms with E-state index in [4.69, 9.17) is 4.74 Å². The lowest BCUT2D eigenvalue weighted by molar-refractivity contribution is -0.385. The maximum atomic E-state index is 11.0. The molecule has 0 aliphatic heterocycles. The zero-order chi connectivity index (χ0) is 15.4. The van der Waals surface area contributed by atoms with Gasteiger partial charge < -0.3 is 10.1 Å². The summed E-state index contributed by atoms with van der Waals surface area (Å²) in [5.41, 5.74) is 2.24. The number of nitro groups is 1. The molecule has 0 saturated carbocycles. The minimum atomic E-state index is -0.370. The Morgan fingerprint density at radius 3 is 2.95 bits per heavy atom. The molecule has 2 rings (SSSR count). The normalized spacial score (nSPS) is 12.1. The summed E-state index contributed by atoms with van der Waals surface area (Å²) in [6.07, 6.45) is 0. The van der Waals surface area contributed by atoms with Crippen LogP contribution in [0.25, 0.3) is 11.3 Å². The van der Waals surface area contributed by atoms with Crippen LogP contribution in [0, 0.1) is 17.0 Å². The third kappa shape index (κ3) is 3.77. The van der Waals surface area contributed by atoms with E-state index in [1.165, 1.54) is 11.3 Å². The van der Waals surface area contributed by atoms with Gasteiger partial charge in [-0.3, -0.25) is 10.1 Å². The van der Waals surface area contributed by atoms with Crippen molar-refractivity contribution in [3.63, 3.8) is 0 Å². The molecule has 0 saturated heterocycles. The summed E-state index contributed by atoms with van der Waals surface area (Å²) in [7, 11) is 1.65. The number of ether oxygens (including phenoxy) is 1. The molecule has 0 unspecified atom stereocenters. The van der Waals surface area contributed by atoms with E-state index in [1.807, 2.05) is 18.4 Å². The molecule has 6 nitrogen and oxygen atoms in total. The van der Waals surface area contributed by atoms with Gasteiger partial charge in [-0.2, -0.15) is 0 Å². The fourth-order valence-electron chi connectivity index (χ4n) is 1.94. The molecule has 112 valence electrons. The first-order chi connectivity index (χ1) is 10.0. The molecule has 1 atom stereocenters. The van der Waals surface area contributed by atoms with E-state index in [-0.39, 0.29) is 16.7 Å². The number of thiazole rings is 1. The van der Waals surface area contributed by atoms with Crippen molar-refractivity contribution in [1.29, 1.82) is 0 Å². The van der Waals surface area contributed by atoms with Crippen LogP contribution in [0.4, 0.5) is 10.8 Å². The zero-order valence-corrected chi connectivity index (χ0v) is 12.9. The summed E-state index contributed by atoms with van der Waals surface area (Å²) in [6, 6.07) is 5.31. The van der Waals surface area contributed by atoms with Crippen LogP contribution in [-0.4, -0.2) is 29.7 Å². The molecule has 0 spiro atoms. The second-order valence-corrected chi connectivity index (χ2v) is 5.66. The number of hydrogen-bond acceptors (Lipinski definition) is 6. The predicted octanol–water partition coefficient (Wildman–Crippen LogP) is 3.47. The van der Waals surface area contributed by atoms with Gasteiger partial charge in [0.25, 0.3) is 5.69 Å². The number of aromatic nitrogens is 1. The van der Waals surface area contributed by atoms with Crippen molar-refractivity contribution in [1.82, 2.24) is 4.98 Å². The Hall–Kier alpha value is -1.99. The molecule has 0 aliphatic carbocycles. The third-order valence-corrected chi connectivity index (χ3v) is 3.77. The zero-order valence-electron chi connectivity index (χ0n) is 12.1. The van der Waals surface area contributed by atoms with Crippen LogP contribution in [0.1, 0.15) is 12.5 Å². The van der Waals surface area contributed by atoms with Crippen LogP contribution in [0.3, 0.4) is 0 Å². The first-order valence-corrected chi connectivity index (χ1v) is 7.35. The lowest BCUT2D eigenvalue weighted by atomic mass is 10.1. The summed E-state index contributed by atoms with van der Waals surface area (Å²) in [6.45, 7) is 4.31. The van der Waals surface area contributed by atoms with Crippen LogP contribution < -0.4 is 5.32 Å². The van der Waals surface area contributed by atoms with Gasteiger partial charge in [-0.05, 0) is 13.8 Å². The number of nitrogens with one attached hydrogen (secondary N) is 1. The van der Waals surface area contributed by atoms with Gasteiger partial charge >= 0.3 is 0 Å². The van der Waals surface area contributed by atoms with Crippen molar-refractivity contribution in [2.24, 2.45) is 0 Å². The number of nitrogens with zero attached hydrogens (tertiary/aromatic N) is 2. The lowest BCUT2D eigenvalue weighted by Crippen LogP contribution is -2.20. The van der Waals surface area contributed by atoms with Gasteiger partial charge in [0.05, 0.1) is 17.2 Å². The number of hydrogen-bond donors (Lipinski definition) is 1. The Morgan fingerprint density at radius 2 is 2.29 bits per heavy atom. The van der Waals surface area contributed by atoms with Gasteiger partial charge in [-0.25, -0.2) is 4.98 Å². The Morgan fingerprint density at radius 1 is 1.52 bits per heavy atom.